The number of nitrogens with two attached hydrogens (primary N) is 1. The summed E-state index contributed by atoms with van der Waals surface area (Å²) in [7, 11) is 0. The van der Waals surface area contributed by atoms with Gasteiger partial charge in [-0.2, -0.15) is 0 Å². The van der Waals surface area contributed by atoms with Crippen molar-refractivity contribution in [2.75, 3.05) is 0 Å². The van der Waals surface area contributed by atoms with Gasteiger partial charge in [0.05, 0.1) is 5.52 Å². The summed E-state index contributed by atoms with van der Waals surface area (Å²) in [5.41, 5.74) is 9.68. The van der Waals surface area contributed by atoms with E-state index < -0.39 is 0 Å². The standard InChI is InChI=1S/C16H20N2/c1-11-5-6-14-10-13(7-8-16(14)18-11)15(17)9-12-3-2-4-12/h5-8,10,12,15H,2-4,9,17H2,1H3. The Morgan fingerprint density at radius 2 is 2.11 bits per heavy atom. The fourth-order valence-corrected chi connectivity index (χ4v) is 2.70. The summed E-state index contributed by atoms with van der Waals surface area (Å²) >= 11 is 0. The number of pyridine rings is 1. The lowest BCUT2D eigenvalue weighted by atomic mass is 9.80. The average Bonchev–Trinajstić information content (AvgIpc) is 2.33. The summed E-state index contributed by atoms with van der Waals surface area (Å²) in [4.78, 5) is 4.52. The van der Waals surface area contributed by atoms with E-state index in [1.54, 1.807) is 0 Å². The van der Waals surface area contributed by atoms with Gasteiger partial charge in [-0.3, -0.25) is 4.98 Å². The molecule has 0 saturated heterocycles. The SMILES string of the molecule is Cc1ccc2cc(C(N)CC3CCC3)ccc2n1. The lowest BCUT2D eigenvalue weighted by molar-refractivity contribution is 0.277. The fraction of sp³-hybridized carbons (Fsp3) is 0.438. The van der Waals surface area contributed by atoms with Crippen molar-refractivity contribution in [2.45, 2.75) is 38.6 Å². The lowest BCUT2D eigenvalue weighted by Gasteiger charge is -2.28. The first-order valence-electron chi connectivity index (χ1n) is 6.85. The molecule has 18 heavy (non-hydrogen) atoms. The Hall–Kier alpha value is -1.41. The van der Waals surface area contributed by atoms with Crippen molar-refractivity contribution in [3.8, 4) is 0 Å². The van der Waals surface area contributed by atoms with Crippen LogP contribution in [0, 0.1) is 12.8 Å². The average molecular weight is 240 g/mol. The molecule has 2 heteroatoms. The molecule has 2 N–H and O–H groups in total. The number of aromatic nitrogens is 1. The molecule has 1 aromatic heterocycles. The first-order chi connectivity index (χ1) is 8.72. The number of benzene rings is 1. The molecule has 1 heterocycles. The number of aryl methyl sites for hydroxylation is 1. The van der Waals surface area contributed by atoms with Crippen molar-refractivity contribution in [3.63, 3.8) is 0 Å². The molecular weight excluding hydrogens is 220 g/mol. The van der Waals surface area contributed by atoms with Crippen molar-refractivity contribution >= 4 is 10.9 Å². The van der Waals surface area contributed by atoms with E-state index in [4.69, 9.17) is 5.73 Å². The van der Waals surface area contributed by atoms with Crippen LogP contribution in [0.4, 0.5) is 0 Å². The smallest absolute Gasteiger partial charge is 0.0705 e. The molecule has 0 aliphatic heterocycles. The molecule has 0 radical (unpaired) electrons. The molecule has 94 valence electrons. The van der Waals surface area contributed by atoms with Crippen LogP contribution in [-0.2, 0) is 0 Å². The van der Waals surface area contributed by atoms with Crippen LogP contribution in [0.3, 0.4) is 0 Å². The Kier molecular flexibility index (Phi) is 3.04. The minimum Gasteiger partial charge on any atom is -0.324 e. The van der Waals surface area contributed by atoms with Gasteiger partial charge < -0.3 is 5.73 Å². The van der Waals surface area contributed by atoms with Crippen LogP contribution < -0.4 is 5.73 Å². The van der Waals surface area contributed by atoms with Crippen LogP contribution in [0.1, 0.15) is 43.0 Å². The fourth-order valence-electron chi connectivity index (χ4n) is 2.70. The maximum atomic E-state index is 6.31. The molecular formula is C16H20N2. The lowest BCUT2D eigenvalue weighted by Crippen LogP contribution is -2.20. The molecule has 0 amide bonds. The van der Waals surface area contributed by atoms with Crippen LogP contribution in [0.2, 0.25) is 0 Å². The summed E-state index contributed by atoms with van der Waals surface area (Å²) in [5, 5.41) is 1.20. The van der Waals surface area contributed by atoms with E-state index in [1.807, 2.05) is 6.92 Å². The van der Waals surface area contributed by atoms with Crippen molar-refractivity contribution in [3.05, 3.63) is 41.6 Å². The molecule has 2 nitrogen and oxygen atoms in total. The van der Waals surface area contributed by atoms with Crippen LogP contribution >= 0.6 is 0 Å². The molecule has 1 fully saturated rings. The maximum Gasteiger partial charge on any atom is 0.0705 e. The Morgan fingerprint density at radius 1 is 1.28 bits per heavy atom. The maximum absolute atomic E-state index is 6.31. The third-order valence-electron chi connectivity index (χ3n) is 4.09. The van der Waals surface area contributed by atoms with Gasteiger partial charge in [0.2, 0.25) is 0 Å². The molecule has 0 spiro atoms. The normalized spacial score (nSPS) is 17.7. The van der Waals surface area contributed by atoms with E-state index in [0.29, 0.717) is 0 Å². The van der Waals surface area contributed by atoms with Gasteiger partial charge in [0, 0.05) is 17.1 Å². The molecule has 1 atom stereocenters. The second-order valence-corrected chi connectivity index (χ2v) is 5.54. The van der Waals surface area contributed by atoms with E-state index in [2.05, 4.69) is 35.3 Å². The van der Waals surface area contributed by atoms with Gasteiger partial charge in [0.25, 0.3) is 0 Å². The van der Waals surface area contributed by atoms with Crippen molar-refractivity contribution in [1.29, 1.82) is 0 Å². The zero-order chi connectivity index (χ0) is 12.5. The molecule has 1 aliphatic carbocycles. The van der Waals surface area contributed by atoms with Crippen molar-refractivity contribution in [2.24, 2.45) is 11.7 Å². The minimum atomic E-state index is 0.181. The van der Waals surface area contributed by atoms with Gasteiger partial charge in [-0.15, -0.1) is 0 Å². The second-order valence-electron chi connectivity index (χ2n) is 5.54. The van der Waals surface area contributed by atoms with Gasteiger partial charge in [-0.25, -0.2) is 0 Å². The Balaban J connectivity index is 1.85. The summed E-state index contributed by atoms with van der Waals surface area (Å²) in [6.45, 7) is 2.02. The van der Waals surface area contributed by atoms with Crippen LogP contribution in [-0.4, -0.2) is 4.98 Å². The van der Waals surface area contributed by atoms with E-state index in [1.165, 1.54) is 30.2 Å². The van der Waals surface area contributed by atoms with Crippen LogP contribution in [0.25, 0.3) is 10.9 Å². The monoisotopic (exact) mass is 240 g/mol. The predicted octanol–water partition coefficient (Wildman–Crippen LogP) is 3.73. The van der Waals surface area contributed by atoms with Crippen LogP contribution in [0.15, 0.2) is 30.3 Å². The zero-order valence-corrected chi connectivity index (χ0v) is 10.9. The highest BCUT2D eigenvalue weighted by atomic mass is 14.7. The molecule has 1 unspecified atom stereocenters. The third-order valence-corrected chi connectivity index (χ3v) is 4.09. The molecule has 1 aromatic carbocycles. The number of hydrogen-bond donors (Lipinski definition) is 1. The van der Waals surface area contributed by atoms with Gasteiger partial charge in [0.15, 0.2) is 0 Å². The highest BCUT2D eigenvalue weighted by molar-refractivity contribution is 5.79. The largest absolute Gasteiger partial charge is 0.324 e. The number of rotatable bonds is 3. The van der Waals surface area contributed by atoms with E-state index in [9.17, 15) is 0 Å². The topological polar surface area (TPSA) is 38.9 Å². The van der Waals surface area contributed by atoms with Crippen LogP contribution in [0.5, 0.6) is 0 Å². The first kappa shape index (κ1) is 11.7. The van der Waals surface area contributed by atoms with Gasteiger partial charge >= 0.3 is 0 Å². The predicted molar refractivity (Wildman–Crippen MR) is 75.4 cm³/mol. The Labute approximate surface area is 108 Å². The number of fused-ring (bicyclic) bond motifs is 1. The minimum absolute atomic E-state index is 0.181. The number of nitrogens with zero attached hydrogens (tertiary/aromatic N) is 1. The summed E-state index contributed by atoms with van der Waals surface area (Å²) < 4.78 is 0. The van der Waals surface area contributed by atoms with E-state index in [0.717, 1.165) is 23.5 Å². The van der Waals surface area contributed by atoms with Gasteiger partial charge in [-0.05, 0) is 43.0 Å². The third kappa shape index (κ3) is 2.25. The number of hydrogen-bond acceptors (Lipinski definition) is 2. The van der Waals surface area contributed by atoms with Gasteiger partial charge in [-0.1, -0.05) is 31.4 Å². The van der Waals surface area contributed by atoms with E-state index >= 15 is 0 Å². The Morgan fingerprint density at radius 3 is 2.83 bits per heavy atom. The molecule has 3 rings (SSSR count). The summed E-state index contributed by atoms with van der Waals surface area (Å²) in [6, 6.07) is 10.8. The van der Waals surface area contributed by atoms with Crippen molar-refractivity contribution < 1.29 is 0 Å². The first-order valence-corrected chi connectivity index (χ1v) is 6.85. The summed E-state index contributed by atoms with van der Waals surface area (Å²) in [6.07, 6.45) is 5.24. The quantitative estimate of drug-likeness (QED) is 0.887. The highest BCUT2D eigenvalue weighted by Gasteiger charge is 2.21. The summed E-state index contributed by atoms with van der Waals surface area (Å²) in [5.74, 6) is 0.854. The highest BCUT2D eigenvalue weighted by Crippen LogP contribution is 2.34. The van der Waals surface area contributed by atoms with E-state index in [-0.39, 0.29) is 6.04 Å². The Bertz CT molecular complexity index is 558. The second kappa shape index (κ2) is 4.69. The molecule has 0 bridgehead atoms. The van der Waals surface area contributed by atoms with Gasteiger partial charge in [0.1, 0.15) is 0 Å². The molecule has 1 aliphatic rings. The molecule has 2 aromatic rings. The van der Waals surface area contributed by atoms with Crippen molar-refractivity contribution in [1.82, 2.24) is 4.98 Å². The zero-order valence-electron chi connectivity index (χ0n) is 10.9. The molecule has 1 saturated carbocycles.